The molecule has 0 aromatic heterocycles. The van der Waals surface area contributed by atoms with Gasteiger partial charge in [-0.15, -0.1) is 0 Å². The maximum absolute atomic E-state index is 14.3. The average molecular weight is 410 g/mol. The van der Waals surface area contributed by atoms with Gasteiger partial charge in [-0.3, -0.25) is 0 Å². The molecule has 6 heteroatoms. The van der Waals surface area contributed by atoms with Gasteiger partial charge in [-0.25, -0.2) is 4.39 Å². The molecule has 2 saturated heterocycles. The summed E-state index contributed by atoms with van der Waals surface area (Å²) < 4.78 is 31.9. The largest absolute Gasteiger partial charge is 0.493 e. The summed E-state index contributed by atoms with van der Waals surface area (Å²) in [7, 11) is 0. The molecule has 2 heterocycles. The van der Waals surface area contributed by atoms with Gasteiger partial charge in [0.2, 0.25) is 0 Å². The zero-order valence-electron chi connectivity index (χ0n) is 17.0. The van der Waals surface area contributed by atoms with Gasteiger partial charge in [0, 0.05) is 31.2 Å². The Balaban J connectivity index is 1.59. The Bertz CT molecular complexity index is 900. The molecule has 2 aliphatic rings. The highest BCUT2D eigenvalue weighted by molar-refractivity contribution is 5.72. The number of hydrogen-bond acceptors (Lipinski definition) is 5. The van der Waals surface area contributed by atoms with Crippen molar-refractivity contribution in [2.75, 3.05) is 39.5 Å². The van der Waals surface area contributed by atoms with Crippen molar-refractivity contribution in [1.29, 1.82) is 5.26 Å². The molecule has 4 rings (SSSR count). The third kappa shape index (κ3) is 5.17. The van der Waals surface area contributed by atoms with E-state index in [1.807, 2.05) is 24.3 Å². The second-order valence-electron chi connectivity index (χ2n) is 7.93. The summed E-state index contributed by atoms with van der Waals surface area (Å²) in [4.78, 5) is 0. The van der Waals surface area contributed by atoms with Gasteiger partial charge in [-0.2, -0.15) is 5.26 Å². The number of hydrogen-bond donors (Lipinski definition) is 1. The van der Waals surface area contributed by atoms with Gasteiger partial charge in [0.15, 0.2) is 0 Å². The summed E-state index contributed by atoms with van der Waals surface area (Å²) >= 11 is 0. The summed E-state index contributed by atoms with van der Waals surface area (Å²) in [5.74, 6) is 0.564. The summed E-state index contributed by atoms with van der Waals surface area (Å²) in [6, 6.07) is 12.6. The van der Waals surface area contributed by atoms with Crippen molar-refractivity contribution in [2.24, 2.45) is 5.92 Å². The van der Waals surface area contributed by atoms with Gasteiger partial charge >= 0.3 is 0 Å². The number of ether oxygens (including phenoxy) is 3. The summed E-state index contributed by atoms with van der Waals surface area (Å²) in [5, 5.41) is 12.4. The van der Waals surface area contributed by atoms with E-state index in [2.05, 4.69) is 5.32 Å². The standard InChI is InChI=1S/C24H27FN2O3/c25-23-12-19(4-5-20(23)13-26)22-11-17(10-21-14-27-7-9-29-21)3-6-24(22)30-16-18-2-1-8-28-15-18/h3-6,11-12,18,21,27H,1-2,7-10,14-16H2/t18-,21?/m1/s1. The van der Waals surface area contributed by atoms with E-state index in [1.165, 1.54) is 12.1 Å². The Morgan fingerprint density at radius 3 is 2.87 bits per heavy atom. The van der Waals surface area contributed by atoms with Crippen LogP contribution in [0.4, 0.5) is 4.39 Å². The van der Waals surface area contributed by atoms with E-state index in [0.717, 1.165) is 55.8 Å². The predicted molar refractivity (Wildman–Crippen MR) is 112 cm³/mol. The van der Waals surface area contributed by atoms with Crippen LogP contribution in [-0.2, 0) is 15.9 Å². The molecular weight excluding hydrogens is 383 g/mol. The number of benzene rings is 2. The van der Waals surface area contributed by atoms with Gasteiger partial charge in [-0.1, -0.05) is 12.1 Å². The Kier molecular flexibility index (Phi) is 6.96. The number of morpholine rings is 1. The molecule has 1 unspecified atom stereocenters. The van der Waals surface area contributed by atoms with E-state index in [-0.39, 0.29) is 11.7 Å². The van der Waals surface area contributed by atoms with Crippen molar-refractivity contribution in [3.05, 3.63) is 53.3 Å². The lowest BCUT2D eigenvalue weighted by Crippen LogP contribution is -2.39. The Morgan fingerprint density at radius 2 is 2.13 bits per heavy atom. The van der Waals surface area contributed by atoms with Gasteiger partial charge in [-0.05, 0) is 54.7 Å². The molecule has 0 bridgehead atoms. The number of nitrogens with one attached hydrogen (secondary N) is 1. The minimum atomic E-state index is -0.521. The minimum Gasteiger partial charge on any atom is -0.493 e. The molecule has 158 valence electrons. The number of nitriles is 1. The molecular formula is C24H27FN2O3. The molecule has 2 aromatic rings. The highest BCUT2D eigenvalue weighted by Crippen LogP contribution is 2.33. The Morgan fingerprint density at radius 1 is 1.20 bits per heavy atom. The van der Waals surface area contributed by atoms with E-state index in [1.54, 1.807) is 6.07 Å². The van der Waals surface area contributed by atoms with E-state index in [9.17, 15) is 4.39 Å². The third-order valence-corrected chi connectivity index (χ3v) is 5.64. The maximum Gasteiger partial charge on any atom is 0.141 e. The zero-order chi connectivity index (χ0) is 20.8. The lowest BCUT2D eigenvalue weighted by molar-refractivity contribution is 0.0292. The third-order valence-electron chi connectivity index (χ3n) is 5.64. The molecule has 1 N–H and O–H groups in total. The first-order valence-corrected chi connectivity index (χ1v) is 10.6. The SMILES string of the molecule is N#Cc1ccc(-c2cc(CC3CNCCO3)ccc2OC[C@@H]2CCCOC2)cc1F. The maximum atomic E-state index is 14.3. The molecule has 0 radical (unpaired) electrons. The van der Waals surface area contributed by atoms with Crippen molar-refractivity contribution in [1.82, 2.24) is 5.32 Å². The lowest BCUT2D eigenvalue weighted by Gasteiger charge is -2.25. The molecule has 2 aliphatic heterocycles. The molecule has 5 nitrogen and oxygen atoms in total. The van der Waals surface area contributed by atoms with E-state index in [4.69, 9.17) is 19.5 Å². The smallest absolute Gasteiger partial charge is 0.141 e. The number of nitrogens with zero attached hydrogens (tertiary/aromatic N) is 1. The topological polar surface area (TPSA) is 63.5 Å². The van der Waals surface area contributed by atoms with Crippen molar-refractivity contribution < 1.29 is 18.6 Å². The molecule has 2 atom stereocenters. The Labute approximate surface area is 176 Å². The van der Waals surface area contributed by atoms with E-state index >= 15 is 0 Å². The molecule has 30 heavy (non-hydrogen) atoms. The fourth-order valence-electron chi connectivity index (χ4n) is 3.99. The van der Waals surface area contributed by atoms with Crippen LogP contribution in [0.1, 0.15) is 24.0 Å². The van der Waals surface area contributed by atoms with Crippen LogP contribution in [0.5, 0.6) is 5.75 Å². The van der Waals surface area contributed by atoms with Crippen molar-refractivity contribution >= 4 is 0 Å². The molecule has 0 spiro atoms. The van der Waals surface area contributed by atoms with Crippen LogP contribution in [0.15, 0.2) is 36.4 Å². The second-order valence-corrected chi connectivity index (χ2v) is 7.93. The first-order chi connectivity index (χ1) is 14.7. The van der Waals surface area contributed by atoms with Crippen LogP contribution in [0.25, 0.3) is 11.1 Å². The second kappa shape index (κ2) is 10.0. The van der Waals surface area contributed by atoms with E-state index < -0.39 is 5.82 Å². The zero-order valence-corrected chi connectivity index (χ0v) is 17.0. The highest BCUT2D eigenvalue weighted by atomic mass is 19.1. The van der Waals surface area contributed by atoms with Crippen LogP contribution < -0.4 is 10.1 Å². The monoisotopic (exact) mass is 410 g/mol. The van der Waals surface area contributed by atoms with Gasteiger partial charge in [0.1, 0.15) is 17.6 Å². The first-order valence-electron chi connectivity index (χ1n) is 10.6. The van der Waals surface area contributed by atoms with Gasteiger partial charge < -0.3 is 19.5 Å². The summed E-state index contributed by atoms with van der Waals surface area (Å²) in [6.45, 7) is 4.51. The van der Waals surface area contributed by atoms with Crippen molar-refractivity contribution in [2.45, 2.75) is 25.4 Å². The van der Waals surface area contributed by atoms with E-state index in [0.29, 0.717) is 31.3 Å². The predicted octanol–water partition coefficient (Wildman–Crippen LogP) is 3.70. The Hall–Kier alpha value is -2.46. The quantitative estimate of drug-likeness (QED) is 0.787. The highest BCUT2D eigenvalue weighted by Gasteiger charge is 2.18. The molecule has 0 amide bonds. The molecule has 2 aromatic carbocycles. The number of halogens is 1. The summed E-state index contributed by atoms with van der Waals surface area (Å²) in [5.41, 5.74) is 2.68. The number of rotatable bonds is 6. The van der Waals surface area contributed by atoms with Crippen LogP contribution in [0.2, 0.25) is 0 Å². The fraction of sp³-hybridized carbons (Fsp3) is 0.458. The van der Waals surface area contributed by atoms with Crippen molar-refractivity contribution in [3.63, 3.8) is 0 Å². The minimum absolute atomic E-state index is 0.0402. The molecule has 0 saturated carbocycles. The lowest BCUT2D eigenvalue weighted by atomic mass is 9.97. The summed E-state index contributed by atoms with van der Waals surface area (Å²) in [6.07, 6.45) is 3.03. The normalized spacial score (nSPS) is 21.7. The van der Waals surface area contributed by atoms with Crippen LogP contribution in [0.3, 0.4) is 0 Å². The molecule has 2 fully saturated rings. The van der Waals surface area contributed by atoms with Crippen molar-refractivity contribution in [3.8, 4) is 22.9 Å². The van der Waals surface area contributed by atoms with Crippen LogP contribution in [-0.4, -0.2) is 45.6 Å². The van der Waals surface area contributed by atoms with Gasteiger partial charge in [0.25, 0.3) is 0 Å². The molecule has 0 aliphatic carbocycles. The fourth-order valence-corrected chi connectivity index (χ4v) is 3.99. The van der Waals surface area contributed by atoms with Crippen LogP contribution in [0, 0.1) is 23.1 Å². The first kappa shape index (κ1) is 20.8. The van der Waals surface area contributed by atoms with Gasteiger partial charge in [0.05, 0.1) is 31.5 Å². The van der Waals surface area contributed by atoms with Crippen LogP contribution >= 0.6 is 0 Å². The average Bonchev–Trinajstić information content (AvgIpc) is 2.79.